The second-order valence-electron chi connectivity index (χ2n) is 6.25. The molecular weight excluding hydrogens is 313 g/mol. The Hall–Kier alpha value is -1.78. The van der Waals surface area contributed by atoms with Crippen LogP contribution in [0.3, 0.4) is 0 Å². The lowest BCUT2D eigenvalue weighted by molar-refractivity contribution is -0.0571. The quantitative estimate of drug-likeness (QED) is 0.734. The number of aliphatic hydroxyl groups is 1. The van der Waals surface area contributed by atoms with Crippen molar-refractivity contribution < 1.29 is 19.3 Å². The number of nitrogens with two attached hydrogens (primary N) is 1. The van der Waals surface area contributed by atoms with E-state index in [1.54, 1.807) is 24.3 Å². The molecule has 0 saturated carbocycles. The summed E-state index contributed by atoms with van der Waals surface area (Å²) in [6.07, 6.45) is -0.800. The third-order valence-electron chi connectivity index (χ3n) is 4.22. The third-order valence-corrected chi connectivity index (χ3v) is 4.96. The molecule has 0 radical (unpaired) electrons. The standard InChI is InChI=1S/C17H18NO4P/c1-17(2)16(19)15(18)13-9-11(5-8-14(13)22-17)10-3-6-12(7-4-10)23(20)21/h3-9,15-16,19H,18H2,1-2H3/p+1/t15?,16-/m0/s1. The summed E-state index contributed by atoms with van der Waals surface area (Å²) in [5, 5.41) is 10.7. The normalized spacial score (nSPS) is 22.9. The average Bonchev–Trinajstić information content (AvgIpc) is 2.52. The minimum atomic E-state index is -2.33. The van der Waals surface area contributed by atoms with Crippen molar-refractivity contribution in [2.24, 2.45) is 5.73 Å². The molecule has 23 heavy (non-hydrogen) atoms. The third kappa shape index (κ3) is 2.89. The van der Waals surface area contributed by atoms with Crippen LogP contribution in [0.2, 0.25) is 0 Å². The lowest BCUT2D eigenvalue weighted by atomic mass is 9.86. The minimum Gasteiger partial charge on any atom is -0.485 e. The van der Waals surface area contributed by atoms with Crippen LogP contribution in [0.25, 0.3) is 11.1 Å². The highest BCUT2D eigenvalue weighted by Crippen LogP contribution is 2.40. The summed E-state index contributed by atoms with van der Waals surface area (Å²) in [5.41, 5.74) is 8.01. The zero-order valence-corrected chi connectivity index (χ0v) is 13.8. The molecule has 0 aromatic heterocycles. The molecule has 0 saturated heterocycles. The summed E-state index contributed by atoms with van der Waals surface area (Å²) in [4.78, 5) is 9.10. The Balaban J connectivity index is 2.00. The first-order chi connectivity index (χ1) is 10.8. The number of hydrogen-bond donors (Lipinski definition) is 3. The molecule has 2 unspecified atom stereocenters. The summed E-state index contributed by atoms with van der Waals surface area (Å²) < 4.78 is 16.9. The van der Waals surface area contributed by atoms with Crippen LogP contribution in [0.5, 0.6) is 5.75 Å². The lowest BCUT2D eigenvalue weighted by Crippen LogP contribution is -2.51. The number of rotatable bonds is 2. The molecule has 2 aromatic rings. The number of hydrogen-bond acceptors (Lipinski definition) is 4. The van der Waals surface area contributed by atoms with E-state index in [4.69, 9.17) is 15.4 Å². The summed E-state index contributed by atoms with van der Waals surface area (Å²) in [5.74, 6) is 0.673. The van der Waals surface area contributed by atoms with Crippen LogP contribution < -0.4 is 15.8 Å². The smallest absolute Gasteiger partial charge is 0.485 e. The van der Waals surface area contributed by atoms with Gasteiger partial charge in [-0.2, -0.15) is 4.89 Å². The molecule has 4 N–H and O–H groups in total. The van der Waals surface area contributed by atoms with E-state index in [0.29, 0.717) is 11.1 Å². The van der Waals surface area contributed by atoms with E-state index < -0.39 is 25.8 Å². The fourth-order valence-electron chi connectivity index (χ4n) is 2.81. The first-order valence-electron chi connectivity index (χ1n) is 7.33. The first-order valence-corrected chi connectivity index (χ1v) is 8.54. The van der Waals surface area contributed by atoms with Crippen LogP contribution in [0.15, 0.2) is 42.5 Å². The molecular formula is C17H19NO4P+. The number of fused-ring (bicyclic) bond motifs is 1. The summed E-state index contributed by atoms with van der Waals surface area (Å²) in [7, 11) is -2.33. The molecule has 2 aromatic carbocycles. The zero-order chi connectivity index (χ0) is 16.8. The number of benzene rings is 2. The predicted octanol–water partition coefficient (Wildman–Crippen LogP) is 2.25. The van der Waals surface area contributed by atoms with Gasteiger partial charge >= 0.3 is 8.03 Å². The van der Waals surface area contributed by atoms with Gasteiger partial charge in [0.2, 0.25) is 5.30 Å². The van der Waals surface area contributed by atoms with Gasteiger partial charge in [-0.25, -0.2) is 0 Å². The van der Waals surface area contributed by atoms with Crippen molar-refractivity contribution in [1.82, 2.24) is 0 Å². The monoisotopic (exact) mass is 332 g/mol. The molecule has 0 amide bonds. The van der Waals surface area contributed by atoms with Gasteiger partial charge in [-0.1, -0.05) is 6.07 Å². The minimum absolute atomic E-state index is 0.388. The highest BCUT2D eigenvalue weighted by Gasteiger charge is 2.41. The fraction of sp³-hybridized carbons (Fsp3) is 0.294. The molecule has 3 atom stereocenters. The lowest BCUT2D eigenvalue weighted by Gasteiger charge is -2.40. The van der Waals surface area contributed by atoms with E-state index in [-0.39, 0.29) is 0 Å². The van der Waals surface area contributed by atoms with Crippen LogP contribution in [-0.2, 0) is 4.57 Å². The maximum Gasteiger partial charge on any atom is 0.546 e. The molecule has 0 aliphatic carbocycles. The Labute approximate surface area is 135 Å². The maximum atomic E-state index is 11.1. The summed E-state index contributed by atoms with van der Waals surface area (Å²) in [6, 6.07) is 12.0. The van der Waals surface area contributed by atoms with Gasteiger partial charge in [0.05, 0.1) is 6.04 Å². The van der Waals surface area contributed by atoms with E-state index >= 15 is 0 Å². The second kappa shape index (κ2) is 5.69. The van der Waals surface area contributed by atoms with Crippen LogP contribution in [-0.4, -0.2) is 21.7 Å². The Morgan fingerprint density at radius 3 is 2.35 bits per heavy atom. The van der Waals surface area contributed by atoms with Gasteiger partial charge in [0, 0.05) is 5.56 Å². The Kier molecular flexibility index (Phi) is 3.98. The molecule has 1 heterocycles. The van der Waals surface area contributed by atoms with Crippen molar-refractivity contribution in [3.8, 4) is 16.9 Å². The SMILES string of the molecule is CC1(C)Oc2ccc(-c3ccc([P+](=O)O)cc3)cc2C(N)[C@@H]1O. The van der Waals surface area contributed by atoms with Crippen molar-refractivity contribution in [2.75, 3.05) is 0 Å². The van der Waals surface area contributed by atoms with Crippen molar-refractivity contribution in [3.05, 3.63) is 48.0 Å². The highest BCUT2D eigenvalue weighted by atomic mass is 31.1. The summed E-state index contributed by atoms with van der Waals surface area (Å²) in [6.45, 7) is 3.62. The van der Waals surface area contributed by atoms with Gasteiger partial charge in [-0.05, 0) is 65.9 Å². The Bertz CT molecular complexity index is 758. The summed E-state index contributed by atoms with van der Waals surface area (Å²) >= 11 is 0. The van der Waals surface area contributed by atoms with Gasteiger partial charge < -0.3 is 15.6 Å². The fourth-order valence-corrected chi connectivity index (χ4v) is 3.21. The maximum absolute atomic E-state index is 11.1. The van der Waals surface area contributed by atoms with Gasteiger partial charge in [0.1, 0.15) is 17.5 Å². The molecule has 0 spiro atoms. The van der Waals surface area contributed by atoms with E-state index in [0.717, 1.165) is 16.7 Å². The van der Waals surface area contributed by atoms with Gasteiger partial charge in [0.25, 0.3) is 0 Å². The molecule has 1 aliphatic heterocycles. The van der Waals surface area contributed by atoms with Gasteiger partial charge in [0.15, 0.2) is 0 Å². The highest BCUT2D eigenvalue weighted by molar-refractivity contribution is 7.47. The van der Waals surface area contributed by atoms with Crippen LogP contribution in [0, 0.1) is 0 Å². The van der Waals surface area contributed by atoms with Gasteiger partial charge in [-0.3, -0.25) is 0 Å². The molecule has 0 fully saturated rings. The molecule has 3 rings (SSSR count). The van der Waals surface area contributed by atoms with Crippen molar-refractivity contribution >= 4 is 13.3 Å². The van der Waals surface area contributed by atoms with E-state index in [2.05, 4.69) is 0 Å². The second-order valence-corrected chi connectivity index (χ2v) is 7.31. The van der Waals surface area contributed by atoms with Crippen molar-refractivity contribution in [1.29, 1.82) is 0 Å². The molecule has 5 nitrogen and oxygen atoms in total. The largest absolute Gasteiger partial charge is 0.546 e. The first kappa shape index (κ1) is 16.1. The van der Waals surface area contributed by atoms with Gasteiger partial charge in [-0.15, -0.1) is 0 Å². The van der Waals surface area contributed by atoms with Crippen molar-refractivity contribution in [2.45, 2.75) is 31.6 Å². The number of aliphatic hydroxyl groups excluding tert-OH is 1. The van der Waals surface area contributed by atoms with E-state index in [1.165, 1.54) is 0 Å². The topological polar surface area (TPSA) is 92.8 Å². The van der Waals surface area contributed by atoms with Crippen LogP contribution in [0.4, 0.5) is 0 Å². The molecule has 1 aliphatic rings. The molecule has 120 valence electrons. The van der Waals surface area contributed by atoms with Crippen molar-refractivity contribution in [3.63, 3.8) is 0 Å². The average molecular weight is 332 g/mol. The number of ether oxygens (including phenoxy) is 1. The van der Waals surface area contributed by atoms with E-state index in [9.17, 15) is 9.67 Å². The van der Waals surface area contributed by atoms with Crippen LogP contribution in [0.1, 0.15) is 25.5 Å². The zero-order valence-electron chi connectivity index (χ0n) is 12.9. The predicted molar refractivity (Wildman–Crippen MR) is 89.0 cm³/mol. The van der Waals surface area contributed by atoms with E-state index in [1.807, 2.05) is 32.0 Å². The van der Waals surface area contributed by atoms with Crippen LogP contribution >= 0.6 is 8.03 Å². The molecule has 0 bridgehead atoms. The Morgan fingerprint density at radius 2 is 1.74 bits per heavy atom. The molecule has 6 heteroatoms. The Morgan fingerprint density at radius 1 is 1.13 bits per heavy atom.